The summed E-state index contributed by atoms with van der Waals surface area (Å²) in [6.07, 6.45) is 2.25. The summed E-state index contributed by atoms with van der Waals surface area (Å²) in [7, 11) is 1.71. The molecule has 20 heavy (non-hydrogen) atoms. The molecule has 0 fully saturated rings. The van der Waals surface area contributed by atoms with Gasteiger partial charge in [-0.15, -0.1) is 11.8 Å². The molecule has 2 N–H and O–H groups in total. The van der Waals surface area contributed by atoms with Crippen LogP contribution < -0.4 is 0 Å². The molecule has 6 heteroatoms. The van der Waals surface area contributed by atoms with Crippen molar-refractivity contribution in [3.8, 4) is 0 Å². The number of aliphatic hydroxyl groups excluding tert-OH is 1. The average Bonchev–Trinajstić information content (AvgIpc) is 2.79. The fourth-order valence-corrected chi connectivity index (χ4v) is 2.81. The van der Waals surface area contributed by atoms with Crippen molar-refractivity contribution in [3.05, 3.63) is 47.3 Å². The molecule has 0 saturated heterocycles. The SMILES string of the molecule is Cn1cc(Cc2ccccc2SCCO)c(C(=O)O)n1. The van der Waals surface area contributed by atoms with Gasteiger partial charge in [-0.1, -0.05) is 18.2 Å². The monoisotopic (exact) mass is 292 g/mol. The largest absolute Gasteiger partial charge is 0.476 e. The molecule has 1 aromatic carbocycles. The Kier molecular flexibility index (Phi) is 4.81. The van der Waals surface area contributed by atoms with Gasteiger partial charge in [0.1, 0.15) is 0 Å². The molecule has 0 amide bonds. The van der Waals surface area contributed by atoms with E-state index in [1.54, 1.807) is 25.0 Å². The van der Waals surface area contributed by atoms with Crippen molar-refractivity contribution >= 4 is 17.7 Å². The highest BCUT2D eigenvalue weighted by molar-refractivity contribution is 7.99. The maximum atomic E-state index is 11.2. The summed E-state index contributed by atoms with van der Waals surface area (Å²) in [4.78, 5) is 12.2. The molecule has 0 bridgehead atoms. The number of hydrogen-bond acceptors (Lipinski definition) is 4. The molecule has 0 atom stereocenters. The zero-order chi connectivity index (χ0) is 14.5. The first kappa shape index (κ1) is 14.6. The molecule has 2 rings (SSSR count). The standard InChI is InChI=1S/C14H16N2O3S/c1-16-9-11(13(15-16)14(18)19)8-10-4-2-3-5-12(10)20-7-6-17/h2-5,9,17H,6-8H2,1H3,(H,18,19). The van der Waals surface area contributed by atoms with Gasteiger partial charge < -0.3 is 10.2 Å². The number of aryl methyl sites for hydroxylation is 1. The van der Waals surface area contributed by atoms with Crippen LogP contribution in [0.4, 0.5) is 0 Å². The van der Waals surface area contributed by atoms with Crippen LogP contribution in [0.5, 0.6) is 0 Å². The molecule has 1 aromatic heterocycles. The van der Waals surface area contributed by atoms with Gasteiger partial charge in [-0.05, 0) is 11.6 Å². The molecule has 106 valence electrons. The van der Waals surface area contributed by atoms with Crippen LogP contribution in [-0.4, -0.2) is 38.3 Å². The number of nitrogens with zero attached hydrogens (tertiary/aromatic N) is 2. The van der Waals surface area contributed by atoms with Crippen LogP contribution in [0, 0.1) is 0 Å². The van der Waals surface area contributed by atoms with Crippen molar-refractivity contribution in [2.45, 2.75) is 11.3 Å². The number of carbonyl (C=O) groups is 1. The van der Waals surface area contributed by atoms with Crippen LogP contribution in [0.25, 0.3) is 0 Å². The minimum absolute atomic E-state index is 0.0921. The molecule has 0 aliphatic carbocycles. The van der Waals surface area contributed by atoms with Crippen LogP contribution in [0.15, 0.2) is 35.4 Å². The molecule has 0 aliphatic rings. The highest BCUT2D eigenvalue weighted by Gasteiger charge is 2.16. The van der Waals surface area contributed by atoms with Gasteiger partial charge in [-0.3, -0.25) is 4.68 Å². The van der Waals surface area contributed by atoms with Crippen molar-refractivity contribution in [2.75, 3.05) is 12.4 Å². The average molecular weight is 292 g/mol. The van der Waals surface area contributed by atoms with Crippen LogP contribution in [0.3, 0.4) is 0 Å². The first-order chi connectivity index (χ1) is 9.61. The highest BCUT2D eigenvalue weighted by atomic mass is 32.2. The molecule has 0 radical (unpaired) electrons. The number of hydrogen-bond donors (Lipinski definition) is 2. The summed E-state index contributed by atoms with van der Waals surface area (Å²) in [5.74, 6) is -0.392. The number of aliphatic hydroxyl groups is 1. The molecule has 2 aromatic rings. The molecular formula is C14H16N2O3S. The van der Waals surface area contributed by atoms with Crippen molar-refractivity contribution in [1.29, 1.82) is 0 Å². The Morgan fingerprint density at radius 3 is 2.80 bits per heavy atom. The van der Waals surface area contributed by atoms with Gasteiger partial charge in [0.05, 0.1) is 6.61 Å². The third-order valence-electron chi connectivity index (χ3n) is 2.81. The minimum atomic E-state index is -1.01. The maximum absolute atomic E-state index is 11.2. The van der Waals surface area contributed by atoms with Crippen LogP contribution in [0.2, 0.25) is 0 Å². The second-order valence-electron chi connectivity index (χ2n) is 4.34. The lowest BCUT2D eigenvalue weighted by atomic mass is 10.1. The van der Waals surface area contributed by atoms with Crippen LogP contribution >= 0.6 is 11.8 Å². The summed E-state index contributed by atoms with van der Waals surface area (Å²) in [6.45, 7) is 0.117. The normalized spacial score (nSPS) is 10.7. The maximum Gasteiger partial charge on any atom is 0.356 e. The van der Waals surface area contributed by atoms with Crippen LogP contribution in [0.1, 0.15) is 21.6 Å². The fourth-order valence-electron chi connectivity index (χ4n) is 2.00. The Hall–Kier alpha value is -1.79. The van der Waals surface area contributed by atoms with Crippen molar-refractivity contribution in [3.63, 3.8) is 0 Å². The predicted octanol–water partition coefficient (Wildman–Crippen LogP) is 1.79. The van der Waals surface area contributed by atoms with E-state index in [1.165, 1.54) is 4.68 Å². The number of aromatic nitrogens is 2. The minimum Gasteiger partial charge on any atom is -0.476 e. The number of rotatable bonds is 6. The van der Waals surface area contributed by atoms with E-state index in [2.05, 4.69) is 5.10 Å². The lowest BCUT2D eigenvalue weighted by molar-refractivity contribution is 0.0688. The van der Waals surface area contributed by atoms with Gasteiger partial charge in [-0.25, -0.2) is 4.79 Å². The second kappa shape index (κ2) is 6.58. The van der Waals surface area contributed by atoms with E-state index in [4.69, 9.17) is 10.2 Å². The smallest absolute Gasteiger partial charge is 0.356 e. The highest BCUT2D eigenvalue weighted by Crippen LogP contribution is 2.25. The topological polar surface area (TPSA) is 75.4 Å². The molecule has 0 saturated carbocycles. The van der Waals surface area contributed by atoms with E-state index in [0.29, 0.717) is 17.7 Å². The molecule has 5 nitrogen and oxygen atoms in total. The van der Waals surface area contributed by atoms with E-state index in [1.807, 2.05) is 24.3 Å². The van der Waals surface area contributed by atoms with Crippen molar-refractivity contribution < 1.29 is 15.0 Å². The Bertz CT molecular complexity index is 610. The van der Waals surface area contributed by atoms with Gasteiger partial charge in [0, 0.05) is 35.9 Å². The van der Waals surface area contributed by atoms with Crippen molar-refractivity contribution in [2.24, 2.45) is 7.05 Å². The Balaban J connectivity index is 2.28. The Morgan fingerprint density at radius 1 is 1.35 bits per heavy atom. The van der Waals surface area contributed by atoms with Gasteiger partial charge >= 0.3 is 5.97 Å². The van der Waals surface area contributed by atoms with E-state index in [0.717, 1.165) is 10.5 Å². The lowest BCUT2D eigenvalue weighted by Gasteiger charge is -2.07. The summed E-state index contributed by atoms with van der Waals surface area (Å²) in [6, 6.07) is 7.81. The summed E-state index contributed by atoms with van der Waals surface area (Å²) >= 11 is 1.56. The quantitative estimate of drug-likeness (QED) is 0.794. The van der Waals surface area contributed by atoms with Crippen molar-refractivity contribution in [1.82, 2.24) is 9.78 Å². The van der Waals surface area contributed by atoms with E-state index < -0.39 is 5.97 Å². The number of carboxylic acids is 1. The fraction of sp³-hybridized carbons (Fsp3) is 0.286. The first-order valence-corrected chi connectivity index (χ1v) is 7.17. The number of carboxylic acid groups (broad SMARTS) is 1. The van der Waals surface area contributed by atoms with Crippen LogP contribution in [-0.2, 0) is 13.5 Å². The zero-order valence-corrected chi connectivity index (χ0v) is 11.9. The van der Waals surface area contributed by atoms with E-state index in [9.17, 15) is 4.79 Å². The third-order valence-corrected chi connectivity index (χ3v) is 3.91. The summed E-state index contributed by atoms with van der Waals surface area (Å²) in [5, 5.41) is 22.0. The molecule has 0 spiro atoms. The summed E-state index contributed by atoms with van der Waals surface area (Å²) < 4.78 is 1.52. The molecular weight excluding hydrogens is 276 g/mol. The van der Waals surface area contributed by atoms with Gasteiger partial charge in [0.25, 0.3) is 0 Å². The Labute approximate surface area is 121 Å². The van der Waals surface area contributed by atoms with E-state index >= 15 is 0 Å². The molecule has 0 aliphatic heterocycles. The lowest BCUT2D eigenvalue weighted by Crippen LogP contribution is -2.03. The Morgan fingerprint density at radius 2 is 2.10 bits per heavy atom. The predicted molar refractivity (Wildman–Crippen MR) is 77.2 cm³/mol. The van der Waals surface area contributed by atoms with Gasteiger partial charge in [0.2, 0.25) is 0 Å². The zero-order valence-electron chi connectivity index (χ0n) is 11.1. The molecule has 0 unspecified atom stereocenters. The van der Waals surface area contributed by atoms with Gasteiger partial charge in [-0.2, -0.15) is 5.10 Å². The number of aromatic carboxylic acids is 1. The van der Waals surface area contributed by atoms with E-state index in [-0.39, 0.29) is 12.3 Å². The number of thioether (sulfide) groups is 1. The second-order valence-corrected chi connectivity index (χ2v) is 5.48. The number of benzene rings is 1. The third kappa shape index (κ3) is 3.40. The van der Waals surface area contributed by atoms with Gasteiger partial charge in [0.15, 0.2) is 5.69 Å². The molecule has 1 heterocycles. The first-order valence-electron chi connectivity index (χ1n) is 6.19. The summed E-state index contributed by atoms with van der Waals surface area (Å²) in [5.41, 5.74) is 1.83.